The van der Waals surface area contributed by atoms with Crippen molar-refractivity contribution in [1.82, 2.24) is 4.98 Å². The predicted molar refractivity (Wildman–Crippen MR) is 75.8 cm³/mol. The Bertz CT molecular complexity index is 862. The zero-order chi connectivity index (χ0) is 12.7. The van der Waals surface area contributed by atoms with E-state index in [1.165, 1.54) is 0 Å². The van der Waals surface area contributed by atoms with Gasteiger partial charge in [-0.15, -0.1) is 0 Å². The van der Waals surface area contributed by atoms with E-state index in [9.17, 15) is 0 Å². The summed E-state index contributed by atoms with van der Waals surface area (Å²) in [6.07, 6.45) is 3.66. The Balaban J connectivity index is 2.03. The van der Waals surface area contributed by atoms with Crippen LogP contribution in [0, 0.1) is 6.07 Å². The van der Waals surface area contributed by atoms with E-state index in [-0.39, 0.29) is 0 Å². The van der Waals surface area contributed by atoms with E-state index in [1.807, 2.05) is 36.5 Å². The van der Waals surface area contributed by atoms with E-state index in [0.29, 0.717) is 0 Å². The Morgan fingerprint density at radius 1 is 0.947 bits per heavy atom. The van der Waals surface area contributed by atoms with Gasteiger partial charge in [0.15, 0.2) is 0 Å². The minimum Gasteiger partial charge on any atom is -0.456 e. The van der Waals surface area contributed by atoms with E-state index < -0.39 is 0 Å². The standard InChI is InChI=1S/C17H10NO/c1-2-6-16-14(5-1)15-10-12(7-8-17(15)19-16)13-4-3-9-18-11-13/h1,3-11H. The van der Waals surface area contributed by atoms with Crippen LogP contribution in [0.1, 0.15) is 0 Å². The molecule has 0 aliphatic carbocycles. The lowest BCUT2D eigenvalue weighted by atomic mass is 10.0. The Hall–Kier alpha value is -2.61. The van der Waals surface area contributed by atoms with Crippen LogP contribution in [0.15, 0.2) is 65.3 Å². The summed E-state index contributed by atoms with van der Waals surface area (Å²) in [7, 11) is 0. The zero-order valence-electron chi connectivity index (χ0n) is 10.1. The number of rotatable bonds is 1. The summed E-state index contributed by atoms with van der Waals surface area (Å²) in [5.74, 6) is 0. The number of aromatic nitrogens is 1. The molecule has 4 rings (SSSR count). The molecule has 0 aliphatic rings. The first-order chi connectivity index (χ1) is 9.42. The monoisotopic (exact) mass is 244 g/mol. The highest BCUT2D eigenvalue weighted by atomic mass is 16.3. The van der Waals surface area contributed by atoms with Crippen molar-refractivity contribution in [2.24, 2.45) is 0 Å². The van der Waals surface area contributed by atoms with Gasteiger partial charge in [-0.25, -0.2) is 0 Å². The lowest BCUT2D eigenvalue weighted by Gasteiger charge is -2.00. The van der Waals surface area contributed by atoms with Gasteiger partial charge in [0.2, 0.25) is 0 Å². The van der Waals surface area contributed by atoms with Crippen LogP contribution < -0.4 is 0 Å². The second-order valence-corrected chi connectivity index (χ2v) is 4.48. The molecule has 2 aromatic carbocycles. The Morgan fingerprint density at radius 3 is 2.84 bits per heavy atom. The summed E-state index contributed by atoms with van der Waals surface area (Å²) in [4.78, 5) is 4.16. The van der Waals surface area contributed by atoms with Crippen molar-refractivity contribution in [3.8, 4) is 11.1 Å². The Kier molecular flexibility index (Phi) is 2.15. The van der Waals surface area contributed by atoms with E-state index in [1.54, 1.807) is 6.20 Å². The van der Waals surface area contributed by atoms with E-state index in [2.05, 4.69) is 29.2 Å². The highest BCUT2D eigenvalue weighted by Crippen LogP contribution is 2.31. The van der Waals surface area contributed by atoms with Gasteiger partial charge in [-0.05, 0) is 42.0 Å². The highest BCUT2D eigenvalue weighted by Gasteiger charge is 2.07. The van der Waals surface area contributed by atoms with Crippen molar-refractivity contribution in [2.75, 3.05) is 0 Å². The maximum Gasteiger partial charge on any atom is 0.136 e. The fraction of sp³-hybridized carbons (Fsp3) is 0. The number of hydrogen-bond acceptors (Lipinski definition) is 2. The van der Waals surface area contributed by atoms with Crippen molar-refractivity contribution in [3.63, 3.8) is 0 Å². The molecule has 1 radical (unpaired) electrons. The normalized spacial score (nSPS) is 11.2. The van der Waals surface area contributed by atoms with Crippen molar-refractivity contribution in [2.45, 2.75) is 0 Å². The summed E-state index contributed by atoms with van der Waals surface area (Å²) < 4.78 is 5.80. The number of benzene rings is 2. The zero-order valence-corrected chi connectivity index (χ0v) is 10.1. The van der Waals surface area contributed by atoms with Crippen LogP contribution >= 0.6 is 0 Å². The largest absolute Gasteiger partial charge is 0.456 e. The topological polar surface area (TPSA) is 26.0 Å². The molecule has 4 aromatic rings. The molecule has 0 atom stereocenters. The molecule has 0 saturated carbocycles. The van der Waals surface area contributed by atoms with Gasteiger partial charge in [0.05, 0.1) is 0 Å². The SMILES string of the molecule is [c]1ccc2c(c1)oc1ccc(-c3cccnc3)cc12. The molecule has 89 valence electrons. The maximum atomic E-state index is 5.80. The van der Waals surface area contributed by atoms with Gasteiger partial charge in [0, 0.05) is 28.7 Å². The van der Waals surface area contributed by atoms with Gasteiger partial charge in [-0.1, -0.05) is 18.2 Å². The molecule has 2 heteroatoms. The molecule has 0 saturated heterocycles. The molecule has 0 fully saturated rings. The second-order valence-electron chi connectivity index (χ2n) is 4.48. The van der Waals surface area contributed by atoms with Gasteiger partial charge in [0.25, 0.3) is 0 Å². The minimum absolute atomic E-state index is 0.876. The van der Waals surface area contributed by atoms with Crippen LogP contribution in [-0.2, 0) is 0 Å². The van der Waals surface area contributed by atoms with E-state index in [0.717, 1.165) is 33.1 Å². The average Bonchev–Trinajstić information content (AvgIpc) is 2.86. The number of pyridine rings is 1. The van der Waals surface area contributed by atoms with Crippen LogP contribution in [0.4, 0.5) is 0 Å². The van der Waals surface area contributed by atoms with E-state index in [4.69, 9.17) is 4.42 Å². The van der Waals surface area contributed by atoms with Crippen LogP contribution in [-0.4, -0.2) is 4.98 Å². The first kappa shape index (κ1) is 10.3. The predicted octanol–water partition coefficient (Wildman–Crippen LogP) is 4.45. The second kappa shape index (κ2) is 3.95. The number of hydrogen-bond donors (Lipinski definition) is 0. The van der Waals surface area contributed by atoms with Crippen LogP contribution in [0.25, 0.3) is 33.1 Å². The molecule has 0 aliphatic heterocycles. The number of furan rings is 1. The first-order valence-corrected chi connectivity index (χ1v) is 6.14. The molecule has 19 heavy (non-hydrogen) atoms. The number of fused-ring (bicyclic) bond motifs is 3. The summed E-state index contributed by atoms with van der Waals surface area (Å²) in [6, 6.07) is 19.1. The van der Waals surface area contributed by atoms with E-state index >= 15 is 0 Å². The number of nitrogens with zero attached hydrogens (tertiary/aromatic N) is 1. The molecule has 0 amide bonds. The van der Waals surface area contributed by atoms with Crippen molar-refractivity contribution >= 4 is 21.9 Å². The quantitative estimate of drug-likeness (QED) is 0.494. The molecular weight excluding hydrogens is 234 g/mol. The average molecular weight is 244 g/mol. The molecule has 2 nitrogen and oxygen atoms in total. The smallest absolute Gasteiger partial charge is 0.136 e. The van der Waals surface area contributed by atoms with Gasteiger partial charge in [0.1, 0.15) is 11.2 Å². The molecule has 2 heterocycles. The van der Waals surface area contributed by atoms with Crippen LogP contribution in [0.3, 0.4) is 0 Å². The molecule has 0 spiro atoms. The van der Waals surface area contributed by atoms with Crippen LogP contribution in [0.5, 0.6) is 0 Å². The third-order valence-electron chi connectivity index (χ3n) is 3.31. The lowest BCUT2D eigenvalue weighted by molar-refractivity contribution is 0.669. The maximum absolute atomic E-state index is 5.80. The van der Waals surface area contributed by atoms with Crippen LogP contribution in [0.2, 0.25) is 0 Å². The highest BCUT2D eigenvalue weighted by molar-refractivity contribution is 6.06. The van der Waals surface area contributed by atoms with Crippen molar-refractivity contribution in [1.29, 1.82) is 0 Å². The first-order valence-electron chi connectivity index (χ1n) is 6.14. The molecule has 2 aromatic heterocycles. The Morgan fingerprint density at radius 2 is 1.95 bits per heavy atom. The van der Waals surface area contributed by atoms with Gasteiger partial charge in [-0.3, -0.25) is 4.98 Å². The van der Waals surface area contributed by atoms with Crippen molar-refractivity contribution < 1.29 is 4.42 Å². The van der Waals surface area contributed by atoms with Crippen molar-refractivity contribution in [3.05, 3.63) is 67.0 Å². The fourth-order valence-corrected chi connectivity index (χ4v) is 2.38. The third-order valence-corrected chi connectivity index (χ3v) is 3.31. The summed E-state index contributed by atoms with van der Waals surface area (Å²) in [6.45, 7) is 0. The molecule has 0 bridgehead atoms. The summed E-state index contributed by atoms with van der Waals surface area (Å²) in [5.41, 5.74) is 4.04. The third kappa shape index (κ3) is 1.61. The molecule has 0 N–H and O–H groups in total. The van der Waals surface area contributed by atoms with Gasteiger partial charge >= 0.3 is 0 Å². The molecule has 0 unspecified atom stereocenters. The fourth-order valence-electron chi connectivity index (χ4n) is 2.38. The Labute approximate surface area is 110 Å². The summed E-state index contributed by atoms with van der Waals surface area (Å²) >= 11 is 0. The summed E-state index contributed by atoms with van der Waals surface area (Å²) in [5, 5.41) is 2.25. The van der Waals surface area contributed by atoms with Gasteiger partial charge < -0.3 is 4.42 Å². The lowest BCUT2D eigenvalue weighted by Crippen LogP contribution is -1.78. The van der Waals surface area contributed by atoms with Gasteiger partial charge in [-0.2, -0.15) is 0 Å². The molecular formula is C17H10NO. The minimum atomic E-state index is 0.876.